The van der Waals surface area contributed by atoms with E-state index in [9.17, 15) is 9.00 Å². The first kappa shape index (κ1) is 11.7. The molecule has 15 heavy (non-hydrogen) atoms. The molecule has 5 nitrogen and oxygen atoms in total. The number of anilines is 1. The molecule has 1 unspecified atom stereocenters. The molecule has 0 aromatic heterocycles. The molecule has 1 aromatic carbocycles. The molecule has 0 aliphatic carbocycles. The first-order valence-electron chi connectivity index (χ1n) is 4.11. The zero-order chi connectivity index (χ0) is 11.4. The number of hydrogen-bond donors (Lipinski definition) is 2. The van der Waals surface area contributed by atoms with E-state index >= 15 is 0 Å². The SMILES string of the molecule is COc1cc(S(=O)O)ccc1NC(C)=O. The minimum absolute atomic E-state index is 0.223. The Hall–Kier alpha value is -1.40. The van der Waals surface area contributed by atoms with Crippen LogP contribution in [0.15, 0.2) is 23.1 Å². The molecule has 0 aliphatic rings. The van der Waals surface area contributed by atoms with Crippen LogP contribution in [0, 0.1) is 0 Å². The average Bonchev–Trinajstić information content (AvgIpc) is 2.17. The summed E-state index contributed by atoms with van der Waals surface area (Å²) in [5.74, 6) is 0.122. The van der Waals surface area contributed by atoms with E-state index in [4.69, 9.17) is 9.29 Å². The van der Waals surface area contributed by atoms with Crippen LogP contribution < -0.4 is 10.1 Å². The Kier molecular flexibility index (Phi) is 3.81. The number of ether oxygens (including phenoxy) is 1. The predicted molar refractivity (Wildman–Crippen MR) is 56.3 cm³/mol. The van der Waals surface area contributed by atoms with Crippen molar-refractivity contribution >= 4 is 22.7 Å². The summed E-state index contributed by atoms with van der Waals surface area (Å²) in [5, 5.41) is 2.55. The Morgan fingerprint density at radius 2 is 2.20 bits per heavy atom. The van der Waals surface area contributed by atoms with Crippen molar-refractivity contribution in [2.75, 3.05) is 12.4 Å². The van der Waals surface area contributed by atoms with E-state index in [2.05, 4.69) is 5.32 Å². The van der Waals surface area contributed by atoms with E-state index in [1.165, 1.54) is 32.2 Å². The van der Waals surface area contributed by atoms with Crippen LogP contribution in [0.5, 0.6) is 5.75 Å². The number of benzene rings is 1. The molecule has 82 valence electrons. The normalized spacial score (nSPS) is 11.9. The van der Waals surface area contributed by atoms with Crippen LogP contribution in [0.3, 0.4) is 0 Å². The third kappa shape index (κ3) is 3.03. The summed E-state index contributed by atoms with van der Waals surface area (Å²) in [7, 11) is 1.42. The van der Waals surface area contributed by atoms with E-state index in [0.717, 1.165) is 0 Å². The van der Waals surface area contributed by atoms with Crippen molar-refractivity contribution in [1.29, 1.82) is 0 Å². The maximum absolute atomic E-state index is 10.8. The van der Waals surface area contributed by atoms with Gasteiger partial charge in [-0.05, 0) is 12.1 Å². The second-order valence-corrected chi connectivity index (χ2v) is 3.76. The fourth-order valence-corrected chi connectivity index (χ4v) is 1.47. The fraction of sp³-hybridized carbons (Fsp3) is 0.222. The van der Waals surface area contributed by atoms with Crippen molar-refractivity contribution in [2.24, 2.45) is 0 Å². The number of amides is 1. The van der Waals surface area contributed by atoms with Gasteiger partial charge in [-0.3, -0.25) is 4.79 Å². The molecule has 0 saturated carbocycles. The van der Waals surface area contributed by atoms with Gasteiger partial charge in [0.25, 0.3) is 0 Å². The number of carbonyl (C=O) groups excluding carboxylic acids is 1. The lowest BCUT2D eigenvalue weighted by Crippen LogP contribution is -2.07. The van der Waals surface area contributed by atoms with Gasteiger partial charge in [0.15, 0.2) is 11.1 Å². The maximum Gasteiger partial charge on any atom is 0.221 e. The number of nitrogens with one attached hydrogen (secondary N) is 1. The van der Waals surface area contributed by atoms with Crippen molar-refractivity contribution in [3.8, 4) is 5.75 Å². The van der Waals surface area contributed by atoms with Crippen LogP contribution in [0.2, 0.25) is 0 Å². The van der Waals surface area contributed by atoms with Gasteiger partial charge in [0, 0.05) is 13.0 Å². The molecule has 1 rings (SSSR count). The lowest BCUT2D eigenvalue weighted by atomic mass is 10.3. The molecule has 0 saturated heterocycles. The summed E-state index contributed by atoms with van der Waals surface area (Å²) < 4.78 is 24.6. The molecule has 1 atom stereocenters. The summed E-state index contributed by atoms with van der Waals surface area (Å²) in [4.78, 5) is 11.0. The van der Waals surface area contributed by atoms with Gasteiger partial charge in [-0.1, -0.05) is 0 Å². The first-order chi connectivity index (χ1) is 7.04. The van der Waals surface area contributed by atoms with E-state index in [0.29, 0.717) is 11.4 Å². The van der Waals surface area contributed by atoms with Crippen molar-refractivity contribution in [2.45, 2.75) is 11.8 Å². The van der Waals surface area contributed by atoms with Crippen LogP contribution >= 0.6 is 0 Å². The van der Waals surface area contributed by atoms with Crippen LogP contribution in [0.4, 0.5) is 5.69 Å². The quantitative estimate of drug-likeness (QED) is 0.764. The van der Waals surface area contributed by atoms with Crippen LogP contribution in [-0.4, -0.2) is 21.8 Å². The van der Waals surface area contributed by atoms with Crippen LogP contribution in [0.1, 0.15) is 6.92 Å². The Labute approximate surface area is 89.7 Å². The van der Waals surface area contributed by atoms with Gasteiger partial charge < -0.3 is 14.6 Å². The Morgan fingerprint density at radius 1 is 1.53 bits per heavy atom. The minimum Gasteiger partial charge on any atom is -0.495 e. The van der Waals surface area contributed by atoms with Gasteiger partial charge in [-0.2, -0.15) is 0 Å². The van der Waals surface area contributed by atoms with Gasteiger partial charge >= 0.3 is 0 Å². The molecule has 1 aromatic rings. The summed E-state index contributed by atoms with van der Waals surface area (Å²) in [6.07, 6.45) is 0. The Bertz CT molecular complexity index is 405. The van der Waals surface area contributed by atoms with E-state index in [1.807, 2.05) is 0 Å². The molecule has 2 N–H and O–H groups in total. The van der Waals surface area contributed by atoms with Crippen molar-refractivity contribution in [1.82, 2.24) is 0 Å². The smallest absolute Gasteiger partial charge is 0.221 e. The topological polar surface area (TPSA) is 75.6 Å². The van der Waals surface area contributed by atoms with Gasteiger partial charge in [-0.25, -0.2) is 4.21 Å². The molecular formula is C9H11NO4S. The molecule has 0 bridgehead atoms. The highest BCUT2D eigenvalue weighted by Gasteiger charge is 2.08. The average molecular weight is 229 g/mol. The maximum atomic E-state index is 10.8. The van der Waals surface area contributed by atoms with E-state index < -0.39 is 11.1 Å². The predicted octanol–water partition coefficient (Wildman–Crippen LogP) is 1.23. The van der Waals surface area contributed by atoms with Gasteiger partial charge in [0.1, 0.15) is 5.75 Å². The largest absolute Gasteiger partial charge is 0.495 e. The molecule has 0 aliphatic heterocycles. The Balaban J connectivity index is 3.08. The molecule has 6 heteroatoms. The molecule has 0 fully saturated rings. The van der Waals surface area contributed by atoms with Gasteiger partial charge in [-0.15, -0.1) is 0 Å². The standard InChI is InChI=1S/C9H11NO4S/c1-6(11)10-8-4-3-7(15(12)13)5-9(8)14-2/h3-5H,1-2H3,(H,10,11)(H,12,13). The van der Waals surface area contributed by atoms with Crippen molar-refractivity contribution in [3.63, 3.8) is 0 Å². The molecule has 0 heterocycles. The highest BCUT2D eigenvalue weighted by atomic mass is 32.2. The summed E-state index contributed by atoms with van der Waals surface area (Å²) in [6, 6.07) is 4.37. The fourth-order valence-electron chi connectivity index (χ4n) is 1.07. The highest BCUT2D eigenvalue weighted by molar-refractivity contribution is 7.79. The first-order valence-corrected chi connectivity index (χ1v) is 5.21. The van der Waals surface area contributed by atoms with Crippen LogP contribution in [0.25, 0.3) is 0 Å². The second-order valence-electron chi connectivity index (χ2n) is 2.79. The molecule has 0 spiro atoms. The van der Waals surface area contributed by atoms with Crippen molar-refractivity contribution < 1.29 is 18.3 Å². The Morgan fingerprint density at radius 3 is 2.67 bits per heavy atom. The third-order valence-electron chi connectivity index (χ3n) is 1.69. The summed E-state index contributed by atoms with van der Waals surface area (Å²) in [6.45, 7) is 1.37. The van der Waals surface area contributed by atoms with Gasteiger partial charge in [0.05, 0.1) is 17.7 Å². The van der Waals surface area contributed by atoms with Gasteiger partial charge in [0.2, 0.25) is 5.91 Å². The number of carbonyl (C=O) groups is 1. The monoisotopic (exact) mass is 229 g/mol. The van der Waals surface area contributed by atoms with Crippen LogP contribution in [-0.2, 0) is 15.9 Å². The van der Waals surface area contributed by atoms with E-state index in [-0.39, 0.29) is 10.8 Å². The number of hydrogen-bond acceptors (Lipinski definition) is 3. The minimum atomic E-state index is -2.05. The molecule has 0 radical (unpaired) electrons. The lowest BCUT2D eigenvalue weighted by Gasteiger charge is -2.09. The second kappa shape index (κ2) is 4.90. The van der Waals surface area contributed by atoms with Crippen molar-refractivity contribution in [3.05, 3.63) is 18.2 Å². The number of methoxy groups -OCH3 is 1. The molecular weight excluding hydrogens is 218 g/mol. The zero-order valence-corrected chi connectivity index (χ0v) is 9.13. The third-order valence-corrected chi connectivity index (χ3v) is 2.34. The molecule has 1 amide bonds. The highest BCUT2D eigenvalue weighted by Crippen LogP contribution is 2.26. The number of rotatable bonds is 3. The summed E-state index contributed by atoms with van der Waals surface area (Å²) >= 11 is -2.05. The van der Waals surface area contributed by atoms with E-state index in [1.54, 1.807) is 0 Å². The zero-order valence-electron chi connectivity index (χ0n) is 8.31. The summed E-state index contributed by atoms with van der Waals surface area (Å²) in [5.41, 5.74) is 0.471. The lowest BCUT2D eigenvalue weighted by molar-refractivity contribution is -0.114.